The third-order valence-corrected chi connectivity index (χ3v) is 9.07. The van der Waals surface area contributed by atoms with Crippen LogP contribution in [0.2, 0.25) is 0 Å². The van der Waals surface area contributed by atoms with Gasteiger partial charge in [0.2, 0.25) is 0 Å². The van der Waals surface area contributed by atoms with Crippen LogP contribution in [0.5, 0.6) is 0 Å². The van der Waals surface area contributed by atoms with E-state index >= 15 is 0 Å². The number of rotatable bonds is 2. The standard InChI is InChI=1S/C29H35N5O3/c1-17-11-31-28-23(17)10-22(12-32-28)21-8-18-4-6-33(15-25(18)24(9-21)26-16-37-7-5-30-26)29(36)34-13-19-2-3-20(14-34)27(19)35/h8-12,19-20,26-27,30,35H,2-7,13-16H2,1H3,(H,31,32). The van der Waals surface area contributed by atoms with Crippen LogP contribution in [0.1, 0.15) is 41.1 Å². The molecule has 5 heterocycles. The second kappa shape index (κ2) is 9.11. The van der Waals surface area contributed by atoms with Crippen LogP contribution in [0.3, 0.4) is 0 Å². The number of likely N-dealkylation sites (tertiary alicyclic amines) is 1. The van der Waals surface area contributed by atoms with Gasteiger partial charge < -0.3 is 29.9 Å². The first-order chi connectivity index (χ1) is 18.0. The van der Waals surface area contributed by atoms with E-state index in [1.54, 1.807) is 0 Å². The van der Waals surface area contributed by atoms with Crippen molar-refractivity contribution >= 4 is 17.1 Å². The maximum absolute atomic E-state index is 13.6. The van der Waals surface area contributed by atoms with Gasteiger partial charge in [0.1, 0.15) is 5.65 Å². The van der Waals surface area contributed by atoms with Crippen molar-refractivity contribution in [3.63, 3.8) is 0 Å². The predicted molar refractivity (Wildman–Crippen MR) is 141 cm³/mol. The lowest BCUT2D eigenvalue weighted by molar-refractivity contribution is 0.0228. The molecule has 4 aliphatic rings. The Morgan fingerprint density at radius 3 is 2.76 bits per heavy atom. The Kier molecular flexibility index (Phi) is 5.71. The van der Waals surface area contributed by atoms with Crippen LogP contribution < -0.4 is 5.32 Å². The van der Waals surface area contributed by atoms with Crippen molar-refractivity contribution in [1.82, 2.24) is 25.1 Å². The predicted octanol–water partition coefficient (Wildman–Crippen LogP) is 3.38. The Balaban J connectivity index is 1.22. The van der Waals surface area contributed by atoms with Crippen molar-refractivity contribution in [3.8, 4) is 11.1 Å². The van der Waals surface area contributed by atoms with Crippen LogP contribution in [-0.4, -0.2) is 76.4 Å². The summed E-state index contributed by atoms with van der Waals surface area (Å²) < 4.78 is 5.85. The number of fused-ring (bicyclic) bond motifs is 4. The van der Waals surface area contributed by atoms with Crippen molar-refractivity contribution in [3.05, 3.63) is 52.8 Å². The van der Waals surface area contributed by atoms with E-state index in [1.165, 1.54) is 22.3 Å². The van der Waals surface area contributed by atoms with Crippen molar-refractivity contribution in [2.24, 2.45) is 11.8 Å². The Labute approximate surface area is 217 Å². The van der Waals surface area contributed by atoms with Crippen molar-refractivity contribution < 1.29 is 14.6 Å². The van der Waals surface area contributed by atoms with E-state index < -0.39 is 0 Å². The topological polar surface area (TPSA) is 93.7 Å². The number of hydrogen-bond acceptors (Lipinski definition) is 5. The summed E-state index contributed by atoms with van der Waals surface area (Å²) >= 11 is 0. The maximum atomic E-state index is 13.6. The number of hydrogen-bond donors (Lipinski definition) is 3. The van der Waals surface area contributed by atoms with E-state index in [0.717, 1.165) is 54.6 Å². The normalized spacial score (nSPS) is 27.5. The molecule has 3 N–H and O–H groups in total. The second-order valence-corrected chi connectivity index (χ2v) is 11.3. The number of urea groups is 1. The van der Waals surface area contributed by atoms with Crippen LogP contribution in [0.15, 0.2) is 30.6 Å². The monoisotopic (exact) mass is 501 g/mol. The summed E-state index contributed by atoms with van der Waals surface area (Å²) in [6.45, 7) is 6.96. The fourth-order valence-electron chi connectivity index (χ4n) is 6.95. The summed E-state index contributed by atoms with van der Waals surface area (Å²) in [4.78, 5) is 25.5. The number of nitrogens with zero attached hydrogens (tertiary/aromatic N) is 3. The van der Waals surface area contributed by atoms with Gasteiger partial charge in [-0.25, -0.2) is 9.78 Å². The molecule has 3 unspecified atom stereocenters. The van der Waals surface area contributed by atoms with Gasteiger partial charge >= 0.3 is 6.03 Å². The Morgan fingerprint density at radius 1 is 1.14 bits per heavy atom. The molecule has 1 aromatic carbocycles. The number of carbonyl (C=O) groups excluding carboxylic acids is 1. The number of benzene rings is 1. The van der Waals surface area contributed by atoms with E-state index in [9.17, 15) is 9.90 Å². The largest absolute Gasteiger partial charge is 0.392 e. The molecule has 2 saturated heterocycles. The molecule has 3 fully saturated rings. The lowest BCUT2D eigenvalue weighted by Crippen LogP contribution is -2.53. The number of aliphatic hydroxyl groups is 1. The fourth-order valence-corrected chi connectivity index (χ4v) is 6.95. The van der Waals surface area contributed by atoms with Crippen LogP contribution in [-0.2, 0) is 17.7 Å². The summed E-state index contributed by atoms with van der Waals surface area (Å²) in [6.07, 6.45) is 6.61. The average molecular weight is 502 g/mol. The van der Waals surface area contributed by atoms with Gasteiger partial charge in [0.05, 0.1) is 25.4 Å². The molecule has 2 aromatic heterocycles. The second-order valence-electron chi connectivity index (χ2n) is 11.3. The first-order valence-corrected chi connectivity index (χ1v) is 13.7. The molecule has 0 spiro atoms. The number of aliphatic hydroxyl groups excluding tert-OH is 1. The molecule has 2 bridgehead atoms. The van der Waals surface area contributed by atoms with Gasteiger partial charge in [-0.05, 0) is 66.1 Å². The van der Waals surface area contributed by atoms with E-state index in [0.29, 0.717) is 32.8 Å². The number of piperidine rings is 1. The van der Waals surface area contributed by atoms with Crippen molar-refractivity contribution in [2.75, 3.05) is 39.4 Å². The van der Waals surface area contributed by atoms with Crippen LogP contribution in [0, 0.1) is 18.8 Å². The van der Waals surface area contributed by atoms with Crippen LogP contribution >= 0.6 is 0 Å². The molecule has 7 rings (SSSR count). The molecular weight excluding hydrogens is 466 g/mol. The Bertz CT molecular complexity index is 1330. The highest BCUT2D eigenvalue weighted by molar-refractivity contribution is 5.84. The summed E-state index contributed by atoms with van der Waals surface area (Å²) in [6, 6.07) is 7.02. The third-order valence-electron chi connectivity index (χ3n) is 9.07. The maximum Gasteiger partial charge on any atom is 0.320 e. The number of nitrogens with one attached hydrogen (secondary N) is 2. The van der Waals surface area contributed by atoms with Crippen molar-refractivity contribution in [2.45, 2.75) is 44.9 Å². The van der Waals surface area contributed by atoms with Gasteiger partial charge in [0, 0.05) is 67.9 Å². The molecule has 194 valence electrons. The van der Waals surface area contributed by atoms with E-state index in [4.69, 9.17) is 4.74 Å². The summed E-state index contributed by atoms with van der Waals surface area (Å²) in [5.74, 6) is 0.465. The highest BCUT2D eigenvalue weighted by Gasteiger charge is 2.43. The first-order valence-electron chi connectivity index (χ1n) is 13.7. The number of morpholine rings is 1. The zero-order valence-electron chi connectivity index (χ0n) is 21.4. The zero-order chi connectivity index (χ0) is 25.1. The fraction of sp³-hybridized carbons (Fsp3) is 0.517. The lowest BCUT2D eigenvalue weighted by atomic mass is 9.87. The molecule has 8 heteroatoms. The van der Waals surface area contributed by atoms with E-state index in [2.05, 4.69) is 40.4 Å². The molecular formula is C29H35N5O3. The van der Waals surface area contributed by atoms with Gasteiger partial charge in [-0.3, -0.25) is 0 Å². The molecule has 3 aromatic rings. The van der Waals surface area contributed by atoms with Gasteiger partial charge in [-0.2, -0.15) is 0 Å². The van der Waals surface area contributed by atoms with E-state index in [-0.39, 0.29) is 30.0 Å². The number of carbonyl (C=O) groups is 1. The molecule has 1 saturated carbocycles. The molecule has 0 radical (unpaired) electrons. The minimum absolute atomic E-state index is 0.101. The minimum atomic E-state index is -0.239. The minimum Gasteiger partial charge on any atom is -0.392 e. The van der Waals surface area contributed by atoms with Crippen LogP contribution in [0.4, 0.5) is 4.79 Å². The molecule has 37 heavy (non-hydrogen) atoms. The number of aromatic amines is 1. The lowest BCUT2D eigenvalue weighted by Gasteiger charge is -2.40. The average Bonchev–Trinajstić information content (AvgIpc) is 3.38. The van der Waals surface area contributed by atoms with Gasteiger partial charge in [0.15, 0.2) is 0 Å². The molecule has 2 amide bonds. The zero-order valence-corrected chi connectivity index (χ0v) is 21.4. The SMILES string of the molecule is Cc1c[nH]c2ncc(-c3cc4c(c(C5COCCN5)c3)CN(C(=O)N3CC5CCC(C3)C5O)CC4)cc12. The summed E-state index contributed by atoms with van der Waals surface area (Å²) in [5, 5.41) is 15.2. The van der Waals surface area contributed by atoms with Gasteiger partial charge in [-0.15, -0.1) is 0 Å². The van der Waals surface area contributed by atoms with E-state index in [1.807, 2.05) is 22.2 Å². The summed E-state index contributed by atoms with van der Waals surface area (Å²) in [7, 11) is 0. The number of aryl methyl sites for hydroxylation is 1. The van der Waals surface area contributed by atoms with Gasteiger partial charge in [0.25, 0.3) is 0 Å². The Morgan fingerprint density at radius 2 is 1.97 bits per heavy atom. The Hall–Kier alpha value is -2.94. The van der Waals surface area contributed by atoms with Crippen LogP contribution in [0.25, 0.3) is 22.2 Å². The third kappa shape index (κ3) is 4.02. The number of ether oxygens (including phenoxy) is 1. The molecule has 1 aliphatic carbocycles. The smallest absolute Gasteiger partial charge is 0.320 e. The number of amides is 2. The highest BCUT2D eigenvalue weighted by atomic mass is 16.5. The number of aromatic nitrogens is 2. The summed E-state index contributed by atoms with van der Waals surface area (Å²) in [5.41, 5.74) is 8.16. The quantitative estimate of drug-likeness (QED) is 0.501. The molecule has 3 aliphatic heterocycles. The highest BCUT2D eigenvalue weighted by Crippen LogP contribution is 2.38. The number of H-pyrrole nitrogens is 1. The van der Waals surface area contributed by atoms with Gasteiger partial charge in [-0.1, -0.05) is 6.07 Å². The number of pyridine rings is 1. The molecule has 8 nitrogen and oxygen atoms in total. The first kappa shape index (κ1) is 23.2. The molecule has 3 atom stereocenters. The van der Waals surface area contributed by atoms with Crippen molar-refractivity contribution in [1.29, 1.82) is 0 Å².